The van der Waals surface area contributed by atoms with Crippen LogP contribution in [-0.4, -0.2) is 13.1 Å². The van der Waals surface area contributed by atoms with Gasteiger partial charge in [-0.2, -0.15) is 0 Å². The second-order valence-corrected chi connectivity index (χ2v) is 3.90. The molecule has 0 fully saturated rings. The smallest absolute Gasteiger partial charge is 0.129 e. The molecule has 0 unspecified atom stereocenters. The number of hydrogen-bond donors (Lipinski definition) is 1. The molecule has 0 atom stereocenters. The first-order valence-electron chi connectivity index (χ1n) is 5.88. The predicted molar refractivity (Wildman–Crippen MR) is 62.5 cm³/mol. The van der Waals surface area contributed by atoms with Gasteiger partial charge in [-0.15, -0.1) is 0 Å². The summed E-state index contributed by atoms with van der Waals surface area (Å²) in [7, 11) is 0. The van der Waals surface area contributed by atoms with Crippen molar-refractivity contribution in [3.63, 3.8) is 0 Å². The topological polar surface area (TPSA) is 12.0 Å². The van der Waals surface area contributed by atoms with Crippen molar-refractivity contribution < 1.29 is 8.78 Å². The quantitative estimate of drug-likeness (QED) is 0.705. The van der Waals surface area contributed by atoms with Gasteiger partial charge in [0, 0.05) is 6.07 Å². The van der Waals surface area contributed by atoms with Crippen LogP contribution in [0.4, 0.5) is 8.78 Å². The van der Waals surface area contributed by atoms with Gasteiger partial charge < -0.3 is 5.32 Å². The Kier molecular flexibility index (Phi) is 6.01. The molecule has 0 saturated heterocycles. The largest absolute Gasteiger partial charge is 0.317 e. The molecular formula is C13H19F2N. The molecule has 0 bridgehead atoms. The Morgan fingerprint density at radius 1 is 1.12 bits per heavy atom. The fourth-order valence-corrected chi connectivity index (χ4v) is 1.64. The second kappa shape index (κ2) is 7.34. The Balaban J connectivity index is 2.21. The number of benzene rings is 1. The molecule has 0 aliphatic rings. The van der Waals surface area contributed by atoms with E-state index in [9.17, 15) is 8.78 Å². The average Bonchev–Trinajstić information content (AvgIpc) is 2.26. The van der Waals surface area contributed by atoms with Crippen LogP contribution in [0.3, 0.4) is 0 Å². The highest BCUT2D eigenvalue weighted by molar-refractivity contribution is 5.18. The summed E-state index contributed by atoms with van der Waals surface area (Å²) in [5.74, 6) is -0.930. The second-order valence-electron chi connectivity index (χ2n) is 3.90. The molecule has 16 heavy (non-hydrogen) atoms. The Morgan fingerprint density at radius 2 is 1.94 bits per heavy atom. The van der Waals surface area contributed by atoms with Crippen LogP contribution in [0, 0.1) is 11.6 Å². The van der Waals surface area contributed by atoms with Crippen molar-refractivity contribution in [1.29, 1.82) is 0 Å². The molecule has 0 aliphatic carbocycles. The summed E-state index contributed by atoms with van der Waals surface area (Å²) in [6.45, 7) is 4.09. The highest BCUT2D eigenvalue weighted by Gasteiger charge is 2.02. The number of halogens is 2. The van der Waals surface area contributed by atoms with E-state index in [1.54, 1.807) is 0 Å². The summed E-state index contributed by atoms with van der Waals surface area (Å²) in [6.07, 6.45) is 3.83. The van der Waals surface area contributed by atoms with E-state index < -0.39 is 11.6 Å². The van der Waals surface area contributed by atoms with E-state index in [1.165, 1.54) is 12.1 Å². The normalized spacial score (nSPS) is 10.7. The number of rotatable bonds is 7. The predicted octanol–water partition coefficient (Wildman–Crippen LogP) is 3.29. The number of unbranched alkanes of at least 4 members (excludes halogenated alkanes) is 2. The zero-order valence-corrected chi connectivity index (χ0v) is 9.73. The summed E-state index contributed by atoms with van der Waals surface area (Å²) in [5, 5.41) is 3.24. The van der Waals surface area contributed by atoms with Crippen LogP contribution in [-0.2, 0) is 6.42 Å². The first-order valence-corrected chi connectivity index (χ1v) is 5.88. The lowest BCUT2D eigenvalue weighted by molar-refractivity contribution is 0.562. The van der Waals surface area contributed by atoms with Gasteiger partial charge in [-0.05, 0) is 44.0 Å². The molecule has 1 nitrogen and oxygen atoms in total. The lowest BCUT2D eigenvalue weighted by atomic mass is 10.1. The summed E-state index contributed by atoms with van der Waals surface area (Å²) in [5.41, 5.74) is 0.616. The monoisotopic (exact) mass is 227 g/mol. The van der Waals surface area contributed by atoms with Crippen molar-refractivity contribution in [3.05, 3.63) is 35.4 Å². The molecule has 0 spiro atoms. The molecule has 3 heteroatoms. The van der Waals surface area contributed by atoms with E-state index in [4.69, 9.17) is 0 Å². The van der Waals surface area contributed by atoms with Crippen LogP contribution in [0.2, 0.25) is 0 Å². The van der Waals surface area contributed by atoms with E-state index in [0.717, 1.165) is 38.4 Å². The van der Waals surface area contributed by atoms with Gasteiger partial charge in [-0.3, -0.25) is 0 Å². The molecule has 0 heterocycles. The summed E-state index contributed by atoms with van der Waals surface area (Å²) < 4.78 is 25.9. The fraction of sp³-hybridized carbons (Fsp3) is 0.538. The van der Waals surface area contributed by atoms with E-state index >= 15 is 0 Å². The number of aryl methyl sites for hydroxylation is 1. The first-order chi connectivity index (χ1) is 7.74. The summed E-state index contributed by atoms with van der Waals surface area (Å²) >= 11 is 0. The number of hydrogen-bond acceptors (Lipinski definition) is 1. The average molecular weight is 227 g/mol. The maximum Gasteiger partial charge on any atom is 0.129 e. The minimum Gasteiger partial charge on any atom is -0.317 e. The van der Waals surface area contributed by atoms with E-state index in [1.807, 2.05) is 0 Å². The van der Waals surface area contributed by atoms with Gasteiger partial charge in [0.2, 0.25) is 0 Å². The standard InChI is InChI=1S/C13H19F2N/c1-2-16-9-5-3-4-6-11-7-8-12(14)10-13(11)15/h7-8,10,16H,2-6,9H2,1H3. The Morgan fingerprint density at radius 3 is 2.62 bits per heavy atom. The molecule has 0 amide bonds. The van der Waals surface area contributed by atoms with Gasteiger partial charge >= 0.3 is 0 Å². The minimum atomic E-state index is -0.506. The van der Waals surface area contributed by atoms with Crippen molar-refractivity contribution in [3.8, 4) is 0 Å². The molecule has 0 saturated carbocycles. The van der Waals surface area contributed by atoms with Gasteiger partial charge in [0.15, 0.2) is 0 Å². The Bertz CT molecular complexity index is 313. The molecule has 0 radical (unpaired) electrons. The first kappa shape index (κ1) is 13.1. The van der Waals surface area contributed by atoms with Crippen LogP contribution in [0.15, 0.2) is 18.2 Å². The minimum absolute atomic E-state index is 0.424. The summed E-state index contributed by atoms with van der Waals surface area (Å²) in [4.78, 5) is 0. The van der Waals surface area contributed by atoms with E-state index in [2.05, 4.69) is 12.2 Å². The van der Waals surface area contributed by atoms with Crippen LogP contribution in [0.5, 0.6) is 0 Å². The molecule has 90 valence electrons. The van der Waals surface area contributed by atoms with Crippen molar-refractivity contribution in [2.45, 2.75) is 32.6 Å². The van der Waals surface area contributed by atoms with Crippen LogP contribution >= 0.6 is 0 Å². The van der Waals surface area contributed by atoms with Crippen molar-refractivity contribution in [2.24, 2.45) is 0 Å². The molecule has 1 aromatic carbocycles. The SMILES string of the molecule is CCNCCCCCc1ccc(F)cc1F. The zero-order chi connectivity index (χ0) is 11.8. The lowest BCUT2D eigenvalue weighted by Crippen LogP contribution is -2.13. The third kappa shape index (κ3) is 4.71. The third-order valence-electron chi connectivity index (χ3n) is 2.56. The van der Waals surface area contributed by atoms with Crippen molar-refractivity contribution in [2.75, 3.05) is 13.1 Å². The molecular weight excluding hydrogens is 208 g/mol. The molecule has 1 rings (SSSR count). The molecule has 1 N–H and O–H groups in total. The maximum atomic E-state index is 13.2. The molecule has 1 aromatic rings. The van der Waals surface area contributed by atoms with Gasteiger partial charge in [0.1, 0.15) is 11.6 Å². The van der Waals surface area contributed by atoms with Gasteiger partial charge in [0.05, 0.1) is 0 Å². The van der Waals surface area contributed by atoms with Gasteiger partial charge in [-0.1, -0.05) is 19.4 Å². The van der Waals surface area contributed by atoms with Crippen LogP contribution in [0.1, 0.15) is 31.7 Å². The highest BCUT2D eigenvalue weighted by Crippen LogP contribution is 2.12. The maximum absolute atomic E-state index is 13.2. The van der Waals surface area contributed by atoms with Crippen LogP contribution in [0.25, 0.3) is 0 Å². The van der Waals surface area contributed by atoms with Gasteiger partial charge in [0.25, 0.3) is 0 Å². The van der Waals surface area contributed by atoms with E-state index in [0.29, 0.717) is 12.0 Å². The summed E-state index contributed by atoms with van der Waals surface area (Å²) in [6, 6.07) is 3.81. The van der Waals surface area contributed by atoms with Gasteiger partial charge in [-0.25, -0.2) is 8.78 Å². The Labute approximate surface area is 95.9 Å². The molecule has 0 aromatic heterocycles. The lowest BCUT2D eigenvalue weighted by Gasteiger charge is -2.04. The van der Waals surface area contributed by atoms with Crippen molar-refractivity contribution in [1.82, 2.24) is 5.32 Å². The van der Waals surface area contributed by atoms with E-state index in [-0.39, 0.29) is 0 Å². The van der Waals surface area contributed by atoms with Crippen LogP contribution < -0.4 is 5.32 Å². The molecule has 0 aliphatic heterocycles. The zero-order valence-electron chi connectivity index (χ0n) is 9.73. The fourth-order valence-electron chi connectivity index (χ4n) is 1.64. The Hall–Kier alpha value is -0.960. The third-order valence-corrected chi connectivity index (χ3v) is 2.56. The van der Waals surface area contributed by atoms with Crippen molar-refractivity contribution >= 4 is 0 Å². The number of nitrogens with one attached hydrogen (secondary N) is 1. The highest BCUT2D eigenvalue weighted by atomic mass is 19.1.